The van der Waals surface area contributed by atoms with E-state index in [2.05, 4.69) is 60.7 Å². The van der Waals surface area contributed by atoms with Crippen LogP contribution in [0.1, 0.15) is 11.5 Å². The van der Waals surface area contributed by atoms with Crippen LogP contribution in [-0.4, -0.2) is 0 Å². The minimum absolute atomic E-state index is 0.895. The monoisotopic (exact) mass is 338 g/mol. The van der Waals surface area contributed by atoms with Crippen molar-refractivity contribution in [2.24, 2.45) is 0 Å². The quantitative estimate of drug-likeness (QED) is 0.342. The van der Waals surface area contributed by atoms with Gasteiger partial charge in [-0.3, -0.25) is 0 Å². The van der Waals surface area contributed by atoms with Gasteiger partial charge in [0.1, 0.15) is 22.7 Å². The summed E-state index contributed by atoms with van der Waals surface area (Å²) in [5, 5.41) is 2.18. The topological polar surface area (TPSA) is 26.3 Å². The zero-order valence-corrected chi connectivity index (χ0v) is 14.7. The van der Waals surface area contributed by atoms with Gasteiger partial charge in [-0.15, -0.1) is 0 Å². The molecule has 0 N–H and O–H groups in total. The minimum atomic E-state index is 0.895. The molecule has 0 radical (unpaired) electrons. The fourth-order valence-corrected chi connectivity index (χ4v) is 3.86. The first-order chi connectivity index (χ1) is 12.7. The number of benzene rings is 3. The molecule has 2 heteroatoms. The van der Waals surface area contributed by atoms with Gasteiger partial charge in [-0.25, -0.2) is 0 Å². The summed E-state index contributed by atoms with van der Waals surface area (Å²) in [4.78, 5) is 0. The zero-order valence-electron chi connectivity index (χ0n) is 14.7. The molecule has 2 heterocycles. The van der Waals surface area contributed by atoms with Crippen LogP contribution in [0, 0.1) is 13.8 Å². The zero-order chi connectivity index (χ0) is 17.7. The van der Waals surface area contributed by atoms with E-state index in [1.54, 1.807) is 0 Å². The Hall–Kier alpha value is -3.26. The van der Waals surface area contributed by atoms with Crippen LogP contribution >= 0.6 is 0 Å². The van der Waals surface area contributed by atoms with Crippen molar-refractivity contribution in [3.8, 4) is 22.3 Å². The number of hydrogen-bond donors (Lipinski definition) is 0. The summed E-state index contributed by atoms with van der Waals surface area (Å²) < 4.78 is 12.2. The summed E-state index contributed by atoms with van der Waals surface area (Å²) in [6.07, 6.45) is 0. The standard InChI is InChI=1S/C24H18O2/c1-15-23(17-9-5-3-6-10-17)19-13-22-20(14-21(19)25-15)24(16(2)26-22)18-11-7-4-8-12-18/h3-14H,1-2H3. The third-order valence-electron chi connectivity index (χ3n) is 4.98. The predicted molar refractivity (Wildman–Crippen MR) is 106 cm³/mol. The van der Waals surface area contributed by atoms with Crippen LogP contribution in [0.15, 0.2) is 81.6 Å². The van der Waals surface area contributed by atoms with Crippen molar-refractivity contribution in [1.82, 2.24) is 0 Å². The Morgan fingerprint density at radius 2 is 0.923 bits per heavy atom. The normalized spacial score (nSPS) is 11.5. The van der Waals surface area contributed by atoms with Gasteiger partial charge in [-0.2, -0.15) is 0 Å². The first-order valence-electron chi connectivity index (χ1n) is 8.79. The molecular formula is C24H18O2. The third-order valence-corrected chi connectivity index (χ3v) is 4.98. The number of rotatable bonds is 2. The maximum Gasteiger partial charge on any atom is 0.135 e. The molecule has 0 aliphatic heterocycles. The average Bonchev–Trinajstić information content (AvgIpc) is 3.15. The Bertz CT molecular complexity index is 1130. The molecular weight excluding hydrogens is 320 g/mol. The SMILES string of the molecule is Cc1oc2cc3c(-c4ccccc4)c(C)oc3cc2c1-c1ccccc1. The number of fused-ring (bicyclic) bond motifs is 2. The maximum atomic E-state index is 6.12. The predicted octanol–water partition coefficient (Wildman–Crippen LogP) is 7.13. The van der Waals surface area contributed by atoms with Crippen molar-refractivity contribution in [2.75, 3.05) is 0 Å². The van der Waals surface area contributed by atoms with E-state index in [0.29, 0.717) is 0 Å². The van der Waals surface area contributed by atoms with Crippen LogP contribution in [0.2, 0.25) is 0 Å². The van der Waals surface area contributed by atoms with Gasteiger partial charge in [0.05, 0.1) is 0 Å². The second-order valence-electron chi connectivity index (χ2n) is 6.64. The summed E-state index contributed by atoms with van der Waals surface area (Å²) in [6, 6.07) is 25.0. The second kappa shape index (κ2) is 5.63. The largest absolute Gasteiger partial charge is 0.461 e. The summed E-state index contributed by atoms with van der Waals surface area (Å²) >= 11 is 0. The Balaban J connectivity index is 1.82. The average molecular weight is 338 g/mol. The molecule has 0 fully saturated rings. The van der Waals surface area contributed by atoms with Gasteiger partial charge in [0, 0.05) is 21.9 Å². The van der Waals surface area contributed by atoms with Gasteiger partial charge < -0.3 is 8.83 Å². The molecule has 0 unspecified atom stereocenters. The van der Waals surface area contributed by atoms with Gasteiger partial charge >= 0.3 is 0 Å². The molecule has 0 atom stereocenters. The summed E-state index contributed by atoms with van der Waals surface area (Å²) in [5.74, 6) is 1.86. The van der Waals surface area contributed by atoms with Crippen LogP contribution in [0.5, 0.6) is 0 Å². The highest BCUT2D eigenvalue weighted by atomic mass is 16.3. The van der Waals surface area contributed by atoms with E-state index in [0.717, 1.165) is 55.7 Å². The van der Waals surface area contributed by atoms with E-state index in [-0.39, 0.29) is 0 Å². The Morgan fingerprint density at radius 1 is 0.538 bits per heavy atom. The van der Waals surface area contributed by atoms with Crippen LogP contribution in [0.4, 0.5) is 0 Å². The lowest BCUT2D eigenvalue weighted by Gasteiger charge is -2.01. The van der Waals surface area contributed by atoms with Gasteiger partial charge in [-0.1, -0.05) is 60.7 Å². The van der Waals surface area contributed by atoms with Crippen molar-refractivity contribution in [3.63, 3.8) is 0 Å². The molecule has 5 rings (SSSR count). The van der Waals surface area contributed by atoms with Crippen LogP contribution < -0.4 is 0 Å². The fourth-order valence-electron chi connectivity index (χ4n) is 3.86. The lowest BCUT2D eigenvalue weighted by Crippen LogP contribution is -1.79. The molecule has 0 bridgehead atoms. The molecule has 2 aromatic heterocycles. The molecule has 0 saturated heterocycles. The number of aryl methyl sites for hydroxylation is 2. The van der Waals surface area contributed by atoms with Gasteiger partial charge in [0.2, 0.25) is 0 Å². The van der Waals surface area contributed by atoms with Crippen molar-refractivity contribution in [1.29, 1.82) is 0 Å². The minimum Gasteiger partial charge on any atom is -0.461 e. The highest BCUT2D eigenvalue weighted by molar-refractivity contribution is 6.07. The molecule has 0 aliphatic rings. The van der Waals surface area contributed by atoms with Gasteiger partial charge in [0.25, 0.3) is 0 Å². The molecule has 3 aromatic carbocycles. The van der Waals surface area contributed by atoms with E-state index >= 15 is 0 Å². The van der Waals surface area contributed by atoms with Crippen LogP contribution in [-0.2, 0) is 0 Å². The van der Waals surface area contributed by atoms with Crippen LogP contribution in [0.3, 0.4) is 0 Å². The molecule has 0 spiro atoms. The highest BCUT2D eigenvalue weighted by Gasteiger charge is 2.18. The number of furan rings is 2. The van der Waals surface area contributed by atoms with Crippen molar-refractivity contribution in [3.05, 3.63) is 84.3 Å². The molecule has 0 aliphatic carbocycles. The number of hydrogen-bond acceptors (Lipinski definition) is 2. The van der Waals surface area contributed by atoms with E-state index in [9.17, 15) is 0 Å². The summed E-state index contributed by atoms with van der Waals surface area (Å²) in [6.45, 7) is 4.04. The first kappa shape index (κ1) is 15.0. The Labute approximate surface area is 151 Å². The molecule has 26 heavy (non-hydrogen) atoms. The highest BCUT2D eigenvalue weighted by Crippen LogP contribution is 2.41. The van der Waals surface area contributed by atoms with Gasteiger partial charge in [-0.05, 0) is 37.1 Å². The van der Waals surface area contributed by atoms with Crippen molar-refractivity contribution in [2.45, 2.75) is 13.8 Å². The summed E-state index contributed by atoms with van der Waals surface area (Å²) in [7, 11) is 0. The van der Waals surface area contributed by atoms with Crippen LogP contribution in [0.25, 0.3) is 44.2 Å². The molecule has 0 amide bonds. The van der Waals surface area contributed by atoms with Crippen molar-refractivity contribution < 1.29 is 8.83 Å². The lowest BCUT2D eigenvalue weighted by molar-refractivity contribution is 0.577. The third kappa shape index (κ3) is 2.19. The second-order valence-corrected chi connectivity index (χ2v) is 6.64. The smallest absolute Gasteiger partial charge is 0.135 e. The van der Waals surface area contributed by atoms with E-state index in [1.165, 1.54) is 0 Å². The molecule has 5 aromatic rings. The van der Waals surface area contributed by atoms with E-state index < -0.39 is 0 Å². The van der Waals surface area contributed by atoms with Gasteiger partial charge in [0.15, 0.2) is 0 Å². The van der Waals surface area contributed by atoms with E-state index in [4.69, 9.17) is 8.83 Å². The summed E-state index contributed by atoms with van der Waals surface area (Å²) in [5.41, 5.74) is 6.39. The Morgan fingerprint density at radius 3 is 1.31 bits per heavy atom. The van der Waals surface area contributed by atoms with E-state index in [1.807, 2.05) is 26.0 Å². The maximum absolute atomic E-state index is 6.12. The molecule has 0 saturated carbocycles. The van der Waals surface area contributed by atoms with Crippen molar-refractivity contribution >= 4 is 21.9 Å². The molecule has 126 valence electrons. The lowest BCUT2D eigenvalue weighted by atomic mass is 9.99. The first-order valence-corrected chi connectivity index (χ1v) is 8.79. The fraction of sp³-hybridized carbons (Fsp3) is 0.0833. The molecule has 2 nitrogen and oxygen atoms in total. The Kier molecular flexibility index (Phi) is 3.26.